The van der Waals surface area contributed by atoms with Crippen molar-refractivity contribution < 1.29 is 9.90 Å². The van der Waals surface area contributed by atoms with Gasteiger partial charge in [-0.15, -0.1) is 0 Å². The third-order valence-electron chi connectivity index (χ3n) is 3.36. The molecule has 100 valence electrons. The third kappa shape index (κ3) is 2.64. The number of aryl methyl sites for hydroxylation is 1. The normalized spacial score (nSPS) is 23.7. The van der Waals surface area contributed by atoms with Gasteiger partial charge in [-0.05, 0) is 31.3 Å². The van der Waals surface area contributed by atoms with Gasteiger partial charge in [-0.2, -0.15) is 4.37 Å². The highest BCUT2D eigenvalue weighted by atomic mass is 32.1. The molecule has 1 aliphatic rings. The Balaban J connectivity index is 2.09. The van der Waals surface area contributed by atoms with Gasteiger partial charge in [-0.25, -0.2) is 0 Å². The second-order valence-corrected chi connectivity index (χ2v) is 5.43. The fourth-order valence-corrected chi connectivity index (χ4v) is 3.07. The Bertz CT molecular complexity index is 433. The third-order valence-corrected chi connectivity index (χ3v) is 4.32. The van der Waals surface area contributed by atoms with Crippen molar-refractivity contribution in [2.24, 2.45) is 0 Å². The summed E-state index contributed by atoms with van der Waals surface area (Å²) in [7, 11) is 1.78. The molecule has 0 saturated heterocycles. The Kier molecular flexibility index (Phi) is 4.19. The summed E-state index contributed by atoms with van der Waals surface area (Å²) in [5, 5.41) is 16.5. The second-order valence-electron chi connectivity index (χ2n) is 4.65. The van der Waals surface area contributed by atoms with Crippen LogP contribution in [-0.2, 0) is 0 Å². The first-order valence-corrected chi connectivity index (χ1v) is 7.03. The van der Waals surface area contributed by atoms with E-state index in [-0.39, 0.29) is 11.9 Å². The van der Waals surface area contributed by atoms with Crippen LogP contribution < -0.4 is 10.6 Å². The number of aliphatic hydroxyl groups excluding tert-OH is 1. The molecule has 1 aromatic rings. The number of hydrogen-bond acceptors (Lipinski definition) is 5. The van der Waals surface area contributed by atoms with E-state index in [2.05, 4.69) is 15.0 Å². The lowest BCUT2D eigenvalue weighted by Crippen LogP contribution is -2.45. The molecular formula is C12H19N3O2S. The lowest BCUT2D eigenvalue weighted by molar-refractivity contribution is 0.0717. The standard InChI is InChI=1S/C12H19N3O2S/c1-7-10(12(13-2)18-15-7)11(17)14-8-5-3-4-6-9(8)16/h8-9,13,16H,3-6H2,1-2H3,(H,14,17). The predicted molar refractivity (Wildman–Crippen MR) is 72.1 cm³/mol. The highest BCUT2D eigenvalue weighted by Crippen LogP contribution is 2.25. The van der Waals surface area contributed by atoms with Gasteiger partial charge in [0.05, 0.1) is 23.4 Å². The minimum atomic E-state index is -0.423. The minimum absolute atomic E-state index is 0.129. The molecule has 3 N–H and O–H groups in total. The zero-order valence-corrected chi connectivity index (χ0v) is 11.5. The zero-order chi connectivity index (χ0) is 13.1. The molecule has 2 rings (SSSR count). The Labute approximate surface area is 111 Å². The van der Waals surface area contributed by atoms with Crippen molar-refractivity contribution in [1.82, 2.24) is 9.69 Å². The Morgan fingerprint density at radius 1 is 1.44 bits per heavy atom. The monoisotopic (exact) mass is 269 g/mol. The number of nitrogens with zero attached hydrogens (tertiary/aromatic N) is 1. The van der Waals surface area contributed by atoms with Crippen LogP contribution in [-0.4, -0.2) is 34.6 Å². The van der Waals surface area contributed by atoms with Gasteiger partial charge >= 0.3 is 0 Å². The van der Waals surface area contributed by atoms with Gasteiger partial charge in [0, 0.05) is 7.05 Å². The smallest absolute Gasteiger partial charge is 0.256 e. The topological polar surface area (TPSA) is 74.2 Å². The van der Waals surface area contributed by atoms with Crippen LogP contribution in [0.1, 0.15) is 41.7 Å². The molecule has 0 aromatic carbocycles. The first-order chi connectivity index (χ1) is 8.63. The fourth-order valence-electron chi connectivity index (χ4n) is 2.33. The molecule has 1 heterocycles. The van der Waals surface area contributed by atoms with E-state index in [0.29, 0.717) is 5.56 Å². The molecule has 1 aliphatic carbocycles. The van der Waals surface area contributed by atoms with Gasteiger partial charge in [0.2, 0.25) is 0 Å². The summed E-state index contributed by atoms with van der Waals surface area (Å²) in [5.41, 5.74) is 1.33. The van der Waals surface area contributed by atoms with Gasteiger partial charge in [0.25, 0.3) is 5.91 Å². The summed E-state index contributed by atoms with van der Waals surface area (Å²) in [6, 6.07) is -0.129. The van der Waals surface area contributed by atoms with Crippen LogP contribution in [0.4, 0.5) is 5.00 Å². The minimum Gasteiger partial charge on any atom is -0.391 e. The number of rotatable bonds is 3. The van der Waals surface area contributed by atoms with Gasteiger partial charge < -0.3 is 15.7 Å². The van der Waals surface area contributed by atoms with Crippen molar-refractivity contribution in [3.8, 4) is 0 Å². The van der Waals surface area contributed by atoms with E-state index in [1.165, 1.54) is 11.5 Å². The number of carbonyl (C=O) groups excluding carboxylic acids is 1. The molecule has 18 heavy (non-hydrogen) atoms. The van der Waals surface area contributed by atoms with Crippen molar-refractivity contribution in [1.29, 1.82) is 0 Å². The molecular weight excluding hydrogens is 250 g/mol. The van der Waals surface area contributed by atoms with Crippen LogP contribution in [0.25, 0.3) is 0 Å². The molecule has 1 amide bonds. The molecule has 1 fully saturated rings. The van der Waals surface area contributed by atoms with E-state index >= 15 is 0 Å². The maximum atomic E-state index is 12.2. The Morgan fingerprint density at radius 2 is 2.17 bits per heavy atom. The van der Waals surface area contributed by atoms with E-state index in [1.54, 1.807) is 7.05 Å². The predicted octanol–water partition coefficient (Wildman–Crippen LogP) is 1.53. The van der Waals surface area contributed by atoms with Gasteiger partial charge in [-0.1, -0.05) is 12.8 Å². The SMILES string of the molecule is CNc1snc(C)c1C(=O)NC1CCCCC1O. The number of nitrogens with one attached hydrogen (secondary N) is 2. The first kappa shape index (κ1) is 13.3. The highest BCUT2D eigenvalue weighted by molar-refractivity contribution is 7.10. The highest BCUT2D eigenvalue weighted by Gasteiger charge is 2.27. The van der Waals surface area contributed by atoms with Gasteiger partial charge in [0.1, 0.15) is 5.00 Å². The van der Waals surface area contributed by atoms with E-state index in [1.807, 2.05) is 6.92 Å². The summed E-state index contributed by atoms with van der Waals surface area (Å²) < 4.78 is 4.18. The summed E-state index contributed by atoms with van der Waals surface area (Å²) in [5.74, 6) is -0.142. The second kappa shape index (κ2) is 5.67. The van der Waals surface area contributed by atoms with E-state index in [9.17, 15) is 9.90 Å². The molecule has 6 heteroatoms. The van der Waals surface area contributed by atoms with Crippen LogP contribution in [0.5, 0.6) is 0 Å². The van der Waals surface area contributed by atoms with Crippen molar-refractivity contribution >= 4 is 22.4 Å². The number of amides is 1. The summed E-state index contributed by atoms with van der Waals surface area (Å²) >= 11 is 1.28. The van der Waals surface area contributed by atoms with Crippen molar-refractivity contribution in [3.63, 3.8) is 0 Å². The first-order valence-electron chi connectivity index (χ1n) is 6.26. The molecule has 0 bridgehead atoms. The molecule has 0 radical (unpaired) electrons. The number of aromatic nitrogens is 1. The van der Waals surface area contributed by atoms with Gasteiger partial charge in [0.15, 0.2) is 0 Å². The average Bonchev–Trinajstić information content (AvgIpc) is 2.73. The molecule has 2 atom stereocenters. The summed E-state index contributed by atoms with van der Waals surface area (Å²) in [4.78, 5) is 12.2. The molecule has 0 spiro atoms. The lowest BCUT2D eigenvalue weighted by atomic mass is 9.92. The largest absolute Gasteiger partial charge is 0.391 e. The van der Waals surface area contributed by atoms with Crippen molar-refractivity contribution in [2.45, 2.75) is 44.8 Å². The van der Waals surface area contributed by atoms with E-state index in [0.717, 1.165) is 36.4 Å². The molecule has 0 aliphatic heterocycles. The molecule has 5 nitrogen and oxygen atoms in total. The molecule has 2 unspecified atom stereocenters. The van der Waals surface area contributed by atoms with Crippen molar-refractivity contribution in [2.75, 3.05) is 12.4 Å². The maximum Gasteiger partial charge on any atom is 0.256 e. The quantitative estimate of drug-likeness (QED) is 0.778. The Morgan fingerprint density at radius 3 is 2.83 bits per heavy atom. The Hall–Kier alpha value is -1.14. The summed E-state index contributed by atoms with van der Waals surface area (Å²) in [6.07, 6.45) is 3.28. The van der Waals surface area contributed by atoms with Crippen LogP contribution >= 0.6 is 11.5 Å². The average molecular weight is 269 g/mol. The van der Waals surface area contributed by atoms with Crippen LogP contribution in [0.2, 0.25) is 0 Å². The maximum absolute atomic E-state index is 12.2. The van der Waals surface area contributed by atoms with Crippen LogP contribution in [0.3, 0.4) is 0 Å². The molecule has 1 aromatic heterocycles. The van der Waals surface area contributed by atoms with E-state index in [4.69, 9.17) is 0 Å². The number of anilines is 1. The molecule has 1 saturated carbocycles. The number of aliphatic hydroxyl groups is 1. The fraction of sp³-hybridized carbons (Fsp3) is 0.667. The zero-order valence-electron chi connectivity index (χ0n) is 10.7. The van der Waals surface area contributed by atoms with E-state index < -0.39 is 6.10 Å². The lowest BCUT2D eigenvalue weighted by Gasteiger charge is -2.28. The van der Waals surface area contributed by atoms with Crippen LogP contribution in [0.15, 0.2) is 0 Å². The van der Waals surface area contributed by atoms with Crippen molar-refractivity contribution in [3.05, 3.63) is 11.3 Å². The van der Waals surface area contributed by atoms with Crippen LogP contribution in [0, 0.1) is 6.92 Å². The van der Waals surface area contributed by atoms with Gasteiger partial charge in [-0.3, -0.25) is 4.79 Å². The number of carbonyl (C=O) groups is 1. The number of hydrogen-bond donors (Lipinski definition) is 3. The summed E-state index contributed by atoms with van der Waals surface area (Å²) in [6.45, 7) is 1.82.